The van der Waals surface area contributed by atoms with Crippen molar-refractivity contribution in [2.24, 2.45) is 11.0 Å². The fourth-order valence-electron chi connectivity index (χ4n) is 2.33. The molecule has 3 aromatic rings. The van der Waals surface area contributed by atoms with Gasteiger partial charge >= 0.3 is 0 Å². The third-order valence-corrected chi connectivity index (χ3v) is 3.38. The second-order valence-electron chi connectivity index (χ2n) is 5.63. The van der Waals surface area contributed by atoms with Crippen LogP contribution in [0.1, 0.15) is 19.4 Å². The van der Waals surface area contributed by atoms with Crippen molar-refractivity contribution in [2.75, 3.05) is 5.43 Å². The van der Waals surface area contributed by atoms with Crippen LogP contribution in [0.25, 0.3) is 11.0 Å². The van der Waals surface area contributed by atoms with E-state index in [0.717, 1.165) is 23.5 Å². The zero-order valence-electron chi connectivity index (χ0n) is 12.9. The molecule has 4 nitrogen and oxygen atoms in total. The first-order valence-corrected chi connectivity index (χ1v) is 7.52. The predicted octanol–water partition coefficient (Wildman–Crippen LogP) is 4.14. The van der Waals surface area contributed by atoms with E-state index in [1.807, 2.05) is 30.5 Å². The van der Waals surface area contributed by atoms with Crippen LogP contribution in [-0.4, -0.2) is 15.8 Å². The maximum absolute atomic E-state index is 4.64. The molecule has 0 bridgehead atoms. The summed E-state index contributed by atoms with van der Waals surface area (Å²) in [7, 11) is 0. The molecule has 1 aromatic heterocycles. The molecule has 4 heteroatoms. The first-order chi connectivity index (χ1) is 10.7. The quantitative estimate of drug-likeness (QED) is 0.567. The van der Waals surface area contributed by atoms with Crippen molar-refractivity contribution in [2.45, 2.75) is 20.4 Å². The van der Waals surface area contributed by atoms with Gasteiger partial charge in [-0.3, -0.25) is 0 Å². The van der Waals surface area contributed by atoms with Crippen molar-refractivity contribution in [1.29, 1.82) is 0 Å². The molecule has 0 saturated heterocycles. The monoisotopic (exact) mass is 292 g/mol. The Morgan fingerprint density at radius 3 is 2.59 bits per heavy atom. The van der Waals surface area contributed by atoms with Gasteiger partial charge in [0.05, 0.1) is 17.6 Å². The second-order valence-corrected chi connectivity index (χ2v) is 5.63. The third kappa shape index (κ3) is 3.17. The lowest BCUT2D eigenvalue weighted by atomic mass is 10.2. The molecule has 3 rings (SSSR count). The lowest BCUT2D eigenvalue weighted by Gasteiger charge is -2.08. The number of nitrogens with one attached hydrogen (secondary N) is 1. The van der Waals surface area contributed by atoms with Crippen molar-refractivity contribution in [3.05, 3.63) is 60.2 Å². The van der Waals surface area contributed by atoms with E-state index in [2.05, 4.69) is 64.3 Å². The van der Waals surface area contributed by atoms with E-state index in [9.17, 15) is 0 Å². The summed E-state index contributed by atoms with van der Waals surface area (Å²) in [4.78, 5) is 4.64. The zero-order chi connectivity index (χ0) is 15.4. The Balaban J connectivity index is 1.97. The summed E-state index contributed by atoms with van der Waals surface area (Å²) in [5.41, 5.74) is 6.39. The standard InChI is InChI=1S/C18H20N4/c1-14(2)12-19-21-18-20-16-10-6-7-11-17(16)22(18)13-15-8-4-3-5-9-15/h3-12,14H,13H2,1-2H3,(H,20,21). The number of nitrogens with zero attached hydrogens (tertiary/aromatic N) is 3. The molecule has 0 fully saturated rings. The van der Waals surface area contributed by atoms with Gasteiger partial charge in [-0.25, -0.2) is 10.4 Å². The topological polar surface area (TPSA) is 42.2 Å². The number of hydrogen-bond donors (Lipinski definition) is 1. The highest BCUT2D eigenvalue weighted by Crippen LogP contribution is 2.21. The number of anilines is 1. The Kier molecular flexibility index (Phi) is 4.19. The molecule has 1 N–H and O–H groups in total. The third-order valence-electron chi connectivity index (χ3n) is 3.38. The van der Waals surface area contributed by atoms with Gasteiger partial charge in [-0.15, -0.1) is 0 Å². The van der Waals surface area contributed by atoms with Crippen LogP contribution in [0.3, 0.4) is 0 Å². The summed E-state index contributed by atoms with van der Waals surface area (Å²) in [6, 6.07) is 18.5. The van der Waals surface area contributed by atoms with Gasteiger partial charge in [-0.1, -0.05) is 56.3 Å². The highest BCUT2D eigenvalue weighted by Gasteiger charge is 2.10. The molecule has 0 aliphatic heterocycles. The lowest BCUT2D eigenvalue weighted by Crippen LogP contribution is -2.05. The number of hydrazone groups is 1. The summed E-state index contributed by atoms with van der Waals surface area (Å²) in [5, 5.41) is 4.28. The lowest BCUT2D eigenvalue weighted by molar-refractivity contribution is 0.825. The second kappa shape index (κ2) is 6.43. The first-order valence-electron chi connectivity index (χ1n) is 7.52. The smallest absolute Gasteiger partial charge is 0.225 e. The molecule has 0 saturated carbocycles. The Bertz CT molecular complexity index is 772. The van der Waals surface area contributed by atoms with E-state index < -0.39 is 0 Å². The molecule has 1 heterocycles. The minimum absolute atomic E-state index is 0.402. The van der Waals surface area contributed by atoms with E-state index >= 15 is 0 Å². The average Bonchev–Trinajstić information content (AvgIpc) is 2.86. The molecule has 0 spiro atoms. The van der Waals surface area contributed by atoms with Crippen LogP contribution in [0.2, 0.25) is 0 Å². The van der Waals surface area contributed by atoms with Gasteiger partial charge in [-0.2, -0.15) is 5.10 Å². The van der Waals surface area contributed by atoms with E-state index in [-0.39, 0.29) is 0 Å². The van der Waals surface area contributed by atoms with Gasteiger partial charge in [0.2, 0.25) is 5.95 Å². The van der Waals surface area contributed by atoms with Gasteiger partial charge in [0.25, 0.3) is 0 Å². The fourth-order valence-corrected chi connectivity index (χ4v) is 2.33. The Hall–Kier alpha value is -2.62. The minimum atomic E-state index is 0.402. The molecule has 0 atom stereocenters. The number of imidazole rings is 1. The maximum Gasteiger partial charge on any atom is 0.225 e. The SMILES string of the molecule is CC(C)C=NNc1nc2ccccc2n1Cc1ccccc1. The number of rotatable bonds is 5. The number of para-hydroxylation sites is 2. The van der Waals surface area contributed by atoms with Gasteiger partial charge in [-0.05, 0) is 23.6 Å². The van der Waals surface area contributed by atoms with Gasteiger partial charge in [0.15, 0.2) is 0 Å². The van der Waals surface area contributed by atoms with Crippen LogP contribution in [0.4, 0.5) is 5.95 Å². The van der Waals surface area contributed by atoms with Crippen LogP contribution < -0.4 is 5.43 Å². The number of hydrogen-bond acceptors (Lipinski definition) is 3. The van der Waals surface area contributed by atoms with Crippen molar-refractivity contribution in [3.8, 4) is 0 Å². The van der Waals surface area contributed by atoms with E-state index in [1.165, 1.54) is 5.56 Å². The summed E-state index contributed by atoms with van der Waals surface area (Å²) in [6.45, 7) is 4.96. The van der Waals surface area contributed by atoms with E-state index in [1.54, 1.807) is 0 Å². The van der Waals surface area contributed by atoms with Crippen molar-refractivity contribution in [3.63, 3.8) is 0 Å². The van der Waals surface area contributed by atoms with Crippen molar-refractivity contribution in [1.82, 2.24) is 9.55 Å². The van der Waals surface area contributed by atoms with E-state index in [4.69, 9.17) is 0 Å². The summed E-state index contributed by atoms with van der Waals surface area (Å²) < 4.78 is 2.16. The number of fused-ring (bicyclic) bond motifs is 1. The molecule has 0 radical (unpaired) electrons. The summed E-state index contributed by atoms with van der Waals surface area (Å²) in [6.07, 6.45) is 1.88. The highest BCUT2D eigenvalue weighted by atomic mass is 15.4. The summed E-state index contributed by atoms with van der Waals surface area (Å²) >= 11 is 0. The molecule has 0 amide bonds. The molecule has 112 valence electrons. The molecule has 0 aliphatic carbocycles. The number of benzene rings is 2. The van der Waals surface area contributed by atoms with Crippen LogP contribution in [-0.2, 0) is 6.54 Å². The molecular formula is C18H20N4. The van der Waals surface area contributed by atoms with Gasteiger partial charge in [0.1, 0.15) is 0 Å². The van der Waals surface area contributed by atoms with Crippen molar-refractivity contribution < 1.29 is 0 Å². The van der Waals surface area contributed by atoms with Crippen LogP contribution in [0, 0.1) is 5.92 Å². The zero-order valence-corrected chi connectivity index (χ0v) is 12.9. The fraction of sp³-hybridized carbons (Fsp3) is 0.222. The maximum atomic E-state index is 4.64. The Morgan fingerprint density at radius 1 is 1.09 bits per heavy atom. The molecular weight excluding hydrogens is 272 g/mol. The molecule has 22 heavy (non-hydrogen) atoms. The molecule has 0 aliphatic rings. The molecule has 0 unspecified atom stereocenters. The van der Waals surface area contributed by atoms with Crippen LogP contribution in [0.5, 0.6) is 0 Å². The Morgan fingerprint density at radius 2 is 1.82 bits per heavy atom. The molecule has 2 aromatic carbocycles. The largest absolute Gasteiger partial charge is 0.304 e. The average molecular weight is 292 g/mol. The predicted molar refractivity (Wildman–Crippen MR) is 92.2 cm³/mol. The van der Waals surface area contributed by atoms with Crippen LogP contribution in [0.15, 0.2) is 59.7 Å². The van der Waals surface area contributed by atoms with Gasteiger partial charge < -0.3 is 4.57 Å². The minimum Gasteiger partial charge on any atom is -0.304 e. The van der Waals surface area contributed by atoms with Crippen molar-refractivity contribution >= 4 is 23.2 Å². The first kappa shape index (κ1) is 14.3. The highest BCUT2D eigenvalue weighted by molar-refractivity contribution is 5.79. The van der Waals surface area contributed by atoms with Gasteiger partial charge in [0, 0.05) is 6.21 Å². The Labute approximate surface area is 130 Å². The number of aromatic nitrogens is 2. The van der Waals surface area contributed by atoms with E-state index in [0.29, 0.717) is 5.92 Å². The normalized spacial score (nSPS) is 11.6. The summed E-state index contributed by atoms with van der Waals surface area (Å²) in [5.74, 6) is 1.17. The van der Waals surface area contributed by atoms with Crippen LogP contribution >= 0.6 is 0 Å².